The van der Waals surface area contributed by atoms with Crippen molar-refractivity contribution in [3.05, 3.63) is 57.7 Å². The number of hydrogen-bond acceptors (Lipinski definition) is 5. The van der Waals surface area contributed by atoms with Crippen molar-refractivity contribution in [2.75, 3.05) is 7.11 Å². The first-order valence-electron chi connectivity index (χ1n) is 6.66. The predicted octanol–water partition coefficient (Wildman–Crippen LogP) is 3.81. The summed E-state index contributed by atoms with van der Waals surface area (Å²) in [5.41, 5.74) is 2.44. The van der Waals surface area contributed by atoms with E-state index in [1.807, 2.05) is 41.1 Å². The van der Waals surface area contributed by atoms with Crippen LogP contribution in [-0.4, -0.2) is 18.0 Å². The van der Waals surface area contributed by atoms with E-state index in [-0.39, 0.29) is 5.91 Å². The Morgan fingerprint density at radius 3 is 2.91 bits per heavy atom. The number of hydrogen-bond donors (Lipinski definition) is 1. The van der Waals surface area contributed by atoms with Gasteiger partial charge < -0.3 is 10.1 Å². The molecule has 1 amide bonds. The van der Waals surface area contributed by atoms with E-state index < -0.39 is 0 Å². The van der Waals surface area contributed by atoms with E-state index in [9.17, 15) is 4.79 Å². The van der Waals surface area contributed by atoms with Crippen LogP contribution >= 0.6 is 22.7 Å². The van der Waals surface area contributed by atoms with Crippen molar-refractivity contribution >= 4 is 28.6 Å². The summed E-state index contributed by atoms with van der Waals surface area (Å²) >= 11 is 3.09. The highest BCUT2D eigenvalue weighted by Crippen LogP contribution is 2.25. The normalized spacial score (nSPS) is 10.4. The Hall–Kier alpha value is -2.18. The molecule has 22 heavy (non-hydrogen) atoms. The molecule has 0 saturated heterocycles. The highest BCUT2D eigenvalue weighted by atomic mass is 32.1. The van der Waals surface area contributed by atoms with E-state index in [2.05, 4.69) is 10.3 Å². The van der Waals surface area contributed by atoms with Crippen LogP contribution in [0, 0.1) is 0 Å². The lowest BCUT2D eigenvalue weighted by Crippen LogP contribution is -2.23. The molecule has 6 heteroatoms. The van der Waals surface area contributed by atoms with Crippen molar-refractivity contribution in [3.8, 4) is 16.3 Å². The summed E-state index contributed by atoms with van der Waals surface area (Å²) in [6.45, 7) is 0.411. The molecule has 1 aromatic carbocycles. The lowest BCUT2D eigenvalue weighted by molar-refractivity contribution is 0.0946. The maximum atomic E-state index is 12.2. The molecule has 0 spiro atoms. The van der Waals surface area contributed by atoms with Crippen molar-refractivity contribution in [1.82, 2.24) is 10.3 Å². The molecule has 2 aromatic heterocycles. The second-order valence-corrected chi connectivity index (χ2v) is 6.18. The number of methoxy groups -OCH3 is 1. The maximum Gasteiger partial charge on any atom is 0.271 e. The maximum absolute atomic E-state index is 12.2. The van der Waals surface area contributed by atoms with Crippen molar-refractivity contribution in [1.29, 1.82) is 0 Å². The van der Waals surface area contributed by atoms with Gasteiger partial charge in [-0.1, -0.05) is 18.2 Å². The highest BCUT2D eigenvalue weighted by Gasteiger charge is 2.12. The zero-order valence-electron chi connectivity index (χ0n) is 11.9. The molecule has 2 heterocycles. The number of rotatable bonds is 5. The summed E-state index contributed by atoms with van der Waals surface area (Å²) in [5, 5.41) is 9.54. The molecule has 0 aliphatic carbocycles. The molecule has 0 aliphatic heterocycles. The number of nitrogens with zero attached hydrogens (tertiary/aromatic N) is 1. The number of aromatic nitrogens is 1. The predicted molar refractivity (Wildman–Crippen MR) is 89.6 cm³/mol. The van der Waals surface area contributed by atoms with Gasteiger partial charge in [-0.2, -0.15) is 11.3 Å². The summed E-state index contributed by atoms with van der Waals surface area (Å²) < 4.78 is 5.27. The summed E-state index contributed by atoms with van der Waals surface area (Å²) in [7, 11) is 1.62. The molecule has 0 radical (unpaired) electrons. The van der Waals surface area contributed by atoms with Gasteiger partial charge in [0.25, 0.3) is 5.91 Å². The van der Waals surface area contributed by atoms with E-state index in [0.29, 0.717) is 12.2 Å². The zero-order chi connectivity index (χ0) is 15.4. The summed E-state index contributed by atoms with van der Waals surface area (Å²) in [4.78, 5) is 16.6. The Labute approximate surface area is 136 Å². The van der Waals surface area contributed by atoms with E-state index in [4.69, 9.17) is 4.74 Å². The Morgan fingerprint density at radius 2 is 2.14 bits per heavy atom. The third kappa shape index (κ3) is 3.18. The minimum Gasteiger partial charge on any atom is -0.496 e. The lowest BCUT2D eigenvalue weighted by atomic mass is 10.2. The van der Waals surface area contributed by atoms with Crippen molar-refractivity contribution in [3.63, 3.8) is 0 Å². The largest absolute Gasteiger partial charge is 0.496 e. The van der Waals surface area contributed by atoms with Crippen LogP contribution in [0.4, 0.5) is 0 Å². The minimum atomic E-state index is -0.177. The first-order chi connectivity index (χ1) is 10.8. The van der Waals surface area contributed by atoms with Crippen LogP contribution in [0.5, 0.6) is 5.75 Å². The second-order valence-electron chi connectivity index (χ2n) is 4.54. The monoisotopic (exact) mass is 330 g/mol. The van der Waals surface area contributed by atoms with E-state index in [1.165, 1.54) is 11.3 Å². The summed E-state index contributed by atoms with van der Waals surface area (Å²) in [5.74, 6) is 0.587. The number of benzene rings is 1. The van der Waals surface area contributed by atoms with Crippen molar-refractivity contribution in [2.45, 2.75) is 6.54 Å². The molecule has 0 saturated carbocycles. The van der Waals surface area contributed by atoms with Gasteiger partial charge in [0, 0.05) is 28.4 Å². The third-order valence-electron chi connectivity index (χ3n) is 3.14. The van der Waals surface area contributed by atoms with Crippen LogP contribution in [0.25, 0.3) is 10.6 Å². The van der Waals surface area contributed by atoms with Crippen molar-refractivity contribution < 1.29 is 9.53 Å². The first-order valence-corrected chi connectivity index (χ1v) is 8.48. The van der Waals surface area contributed by atoms with Gasteiger partial charge >= 0.3 is 0 Å². The summed E-state index contributed by atoms with van der Waals surface area (Å²) in [6, 6.07) is 9.62. The van der Waals surface area contributed by atoms with Gasteiger partial charge in [-0.25, -0.2) is 4.98 Å². The molecule has 112 valence electrons. The fourth-order valence-corrected chi connectivity index (χ4v) is 3.52. The molecular weight excluding hydrogens is 316 g/mol. The van der Waals surface area contributed by atoms with Crippen LogP contribution in [-0.2, 0) is 6.54 Å². The molecule has 0 atom stereocenters. The number of carbonyl (C=O) groups is 1. The van der Waals surface area contributed by atoms with Crippen LogP contribution in [0.15, 0.2) is 46.5 Å². The molecule has 0 unspecified atom stereocenters. The number of nitrogens with one attached hydrogen (secondary N) is 1. The van der Waals surface area contributed by atoms with Gasteiger partial charge in [-0.15, -0.1) is 11.3 Å². The molecule has 3 aromatic rings. The Bertz CT molecular complexity index is 766. The fourth-order valence-electron chi connectivity index (χ4n) is 2.01. The number of amides is 1. The first kappa shape index (κ1) is 14.7. The van der Waals surface area contributed by atoms with Gasteiger partial charge in [0.2, 0.25) is 0 Å². The van der Waals surface area contributed by atoms with Gasteiger partial charge in [0.1, 0.15) is 16.5 Å². The topological polar surface area (TPSA) is 51.2 Å². The molecule has 4 nitrogen and oxygen atoms in total. The number of ether oxygens (including phenoxy) is 1. The van der Waals surface area contributed by atoms with Crippen molar-refractivity contribution in [2.24, 2.45) is 0 Å². The van der Waals surface area contributed by atoms with E-state index in [1.54, 1.807) is 23.8 Å². The zero-order valence-corrected chi connectivity index (χ0v) is 13.5. The molecule has 0 aliphatic rings. The molecule has 3 rings (SSSR count). The van der Waals surface area contributed by atoms with Crippen LogP contribution < -0.4 is 10.1 Å². The standard InChI is InChI=1S/C16H14N2O2S2/c1-20-14-5-3-2-4-11(14)8-17-15(19)13-10-22-16(18-13)12-6-7-21-9-12/h2-7,9-10H,8H2,1H3,(H,17,19). The Morgan fingerprint density at radius 1 is 1.27 bits per heavy atom. The van der Waals surface area contributed by atoms with E-state index >= 15 is 0 Å². The number of thiophene rings is 1. The second kappa shape index (κ2) is 6.72. The average molecular weight is 330 g/mol. The van der Waals surface area contributed by atoms with Gasteiger partial charge in [-0.3, -0.25) is 4.79 Å². The van der Waals surface area contributed by atoms with Crippen LogP contribution in [0.3, 0.4) is 0 Å². The molecular formula is C16H14N2O2S2. The van der Waals surface area contributed by atoms with E-state index in [0.717, 1.165) is 21.9 Å². The Kier molecular flexibility index (Phi) is 4.50. The lowest BCUT2D eigenvalue weighted by Gasteiger charge is -2.08. The molecule has 0 bridgehead atoms. The average Bonchev–Trinajstić information content (AvgIpc) is 3.23. The highest BCUT2D eigenvalue weighted by molar-refractivity contribution is 7.14. The molecule has 0 fully saturated rings. The van der Waals surface area contributed by atoms with Gasteiger partial charge in [0.15, 0.2) is 0 Å². The third-order valence-corrected chi connectivity index (χ3v) is 4.71. The number of thiazole rings is 1. The fraction of sp³-hybridized carbons (Fsp3) is 0.125. The van der Waals surface area contributed by atoms with Gasteiger partial charge in [-0.05, 0) is 17.5 Å². The van der Waals surface area contributed by atoms with Gasteiger partial charge in [0.05, 0.1) is 7.11 Å². The minimum absolute atomic E-state index is 0.177. The SMILES string of the molecule is COc1ccccc1CNC(=O)c1csc(-c2ccsc2)n1. The molecule has 1 N–H and O–H groups in total. The summed E-state index contributed by atoms with van der Waals surface area (Å²) in [6.07, 6.45) is 0. The number of para-hydroxylation sites is 1. The van der Waals surface area contributed by atoms with Crippen LogP contribution in [0.2, 0.25) is 0 Å². The number of carbonyl (C=O) groups excluding carboxylic acids is 1. The van der Waals surface area contributed by atoms with Crippen LogP contribution in [0.1, 0.15) is 16.1 Å². The Balaban J connectivity index is 1.67. The smallest absolute Gasteiger partial charge is 0.271 e. The quantitative estimate of drug-likeness (QED) is 0.774.